The van der Waals surface area contributed by atoms with E-state index in [1.165, 1.54) is 12.8 Å². The Bertz CT molecular complexity index is 141. The number of rotatable bonds is 7. The Morgan fingerprint density at radius 1 is 1.29 bits per heavy atom. The summed E-state index contributed by atoms with van der Waals surface area (Å²) in [7, 11) is 0. The maximum Gasteiger partial charge on any atom is 0.0213 e. The maximum atomic E-state index is 5.71. The summed E-state index contributed by atoms with van der Waals surface area (Å²) in [6.07, 6.45) is 2.53. The summed E-state index contributed by atoms with van der Waals surface area (Å²) in [6, 6.07) is 0.464. The molecule has 0 heterocycles. The average Bonchev–Trinajstić information content (AvgIpc) is 2.04. The third-order valence-corrected chi connectivity index (χ3v) is 2.83. The highest BCUT2D eigenvalue weighted by Crippen LogP contribution is 2.21. The summed E-state index contributed by atoms with van der Waals surface area (Å²) in [5.41, 5.74) is 6.11. The minimum atomic E-state index is 0.400. The van der Waals surface area contributed by atoms with E-state index in [0.29, 0.717) is 17.4 Å². The molecule has 86 valence electrons. The van der Waals surface area contributed by atoms with Gasteiger partial charge in [0.2, 0.25) is 0 Å². The van der Waals surface area contributed by atoms with Crippen molar-refractivity contribution in [2.24, 2.45) is 17.1 Å². The monoisotopic (exact) mass is 200 g/mol. The van der Waals surface area contributed by atoms with Crippen molar-refractivity contribution in [1.29, 1.82) is 0 Å². The Labute approximate surface area is 89.6 Å². The fourth-order valence-electron chi connectivity index (χ4n) is 1.76. The molecule has 0 amide bonds. The lowest BCUT2D eigenvalue weighted by Gasteiger charge is -2.29. The molecule has 0 saturated carbocycles. The molecular formula is C12H28N2. The van der Waals surface area contributed by atoms with Gasteiger partial charge in [-0.2, -0.15) is 0 Å². The van der Waals surface area contributed by atoms with Crippen molar-refractivity contribution in [3.8, 4) is 0 Å². The van der Waals surface area contributed by atoms with Crippen LogP contribution in [0.2, 0.25) is 0 Å². The first-order valence-corrected chi connectivity index (χ1v) is 5.86. The molecule has 14 heavy (non-hydrogen) atoms. The molecule has 0 radical (unpaired) electrons. The predicted molar refractivity (Wildman–Crippen MR) is 64.4 cm³/mol. The van der Waals surface area contributed by atoms with E-state index in [1.807, 2.05) is 0 Å². The third kappa shape index (κ3) is 5.61. The summed E-state index contributed by atoms with van der Waals surface area (Å²) in [5, 5.41) is 3.57. The Morgan fingerprint density at radius 2 is 1.86 bits per heavy atom. The van der Waals surface area contributed by atoms with Crippen LogP contribution >= 0.6 is 0 Å². The summed E-state index contributed by atoms with van der Waals surface area (Å²) >= 11 is 0. The quantitative estimate of drug-likeness (QED) is 0.662. The molecule has 0 rings (SSSR count). The van der Waals surface area contributed by atoms with Crippen molar-refractivity contribution in [3.05, 3.63) is 0 Å². The van der Waals surface area contributed by atoms with Crippen molar-refractivity contribution in [3.63, 3.8) is 0 Å². The molecular weight excluding hydrogens is 172 g/mol. The standard InChI is InChI=1S/C12H28N2/c1-6-7-12(4,5)9-14-11(8-13)10(2)3/h10-11,14H,6-9,13H2,1-5H3. The molecule has 0 bridgehead atoms. The van der Waals surface area contributed by atoms with Gasteiger partial charge in [-0.1, -0.05) is 41.0 Å². The van der Waals surface area contributed by atoms with Gasteiger partial charge in [-0.05, 0) is 17.8 Å². The van der Waals surface area contributed by atoms with E-state index in [4.69, 9.17) is 5.73 Å². The fraction of sp³-hybridized carbons (Fsp3) is 1.00. The smallest absolute Gasteiger partial charge is 0.0213 e. The van der Waals surface area contributed by atoms with E-state index < -0.39 is 0 Å². The highest BCUT2D eigenvalue weighted by Gasteiger charge is 2.19. The zero-order chi connectivity index (χ0) is 11.2. The van der Waals surface area contributed by atoms with E-state index in [-0.39, 0.29) is 0 Å². The van der Waals surface area contributed by atoms with E-state index in [0.717, 1.165) is 13.1 Å². The van der Waals surface area contributed by atoms with Gasteiger partial charge in [0.1, 0.15) is 0 Å². The molecule has 3 N–H and O–H groups in total. The number of hydrogen-bond donors (Lipinski definition) is 2. The van der Waals surface area contributed by atoms with Crippen LogP contribution in [0.1, 0.15) is 47.5 Å². The second-order valence-corrected chi connectivity index (χ2v) is 5.38. The maximum absolute atomic E-state index is 5.71. The van der Waals surface area contributed by atoms with Crippen LogP contribution in [0.25, 0.3) is 0 Å². The Hall–Kier alpha value is -0.0800. The molecule has 0 fully saturated rings. The van der Waals surface area contributed by atoms with Crippen LogP contribution < -0.4 is 11.1 Å². The van der Waals surface area contributed by atoms with Crippen molar-refractivity contribution < 1.29 is 0 Å². The third-order valence-electron chi connectivity index (χ3n) is 2.83. The number of hydrogen-bond acceptors (Lipinski definition) is 2. The zero-order valence-electron chi connectivity index (χ0n) is 10.6. The molecule has 2 nitrogen and oxygen atoms in total. The largest absolute Gasteiger partial charge is 0.329 e. The van der Waals surface area contributed by atoms with E-state index in [9.17, 15) is 0 Å². The Balaban J connectivity index is 3.89. The van der Waals surface area contributed by atoms with Gasteiger partial charge in [0.15, 0.2) is 0 Å². The number of nitrogens with one attached hydrogen (secondary N) is 1. The van der Waals surface area contributed by atoms with E-state index in [1.54, 1.807) is 0 Å². The van der Waals surface area contributed by atoms with Gasteiger partial charge >= 0.3 is 0 Å². The van der Waals surface area contributed by atoms with Crippen molar-refractivity contribution in [2.45, 2.75) is 53.5 Å². The van der Waals surface area contributed by atoms with Gasteiger partial charge in [0, 0.05) is 19.1 Å². The van der Waals surface area contributed by atoms with Gasteiger partial charge in [-0.3, -0.25) is 0 Å². The van der Waals surface area contributed by atoms with Gasteiger partial charge in [0.25, 0.3) is 0 Å². The van der Waals surface area contributed by atoms with Crippen molar-refractivity contribution >= 4 is 0 Å². The van der Waals surface area contributed by atoms with Gasteiger partial charge in [-0.25, -0.2) is 0 Å². The molecule has 0 aromatic rings. The fourth-order valence-corrected chi connectivity index (χ4v) is 1.76. The minimum absolute atomic E-state index is 0.400. The highest BCUT2D eigenvalue weighted by molar-refractivity contribution is 4.77. The SMILES string of the molecule is CCCC(C)(C)CNC(CN)C(C)C. The van der Waals surface area contributed by atoms with Crippen LogP contribution in [0.15, 0.2) is 0 Å². The van der Waals surface area contributed by atoms with Crippen molar-refractivity contribution in [2.75, 3.05) is 13.1 Å². The number of nitrogens with two attached hydrogens (primary N) is 1. The summed E-state index contributed by atoms with van der Waals surface area (Å²) < 4.78 is 0. The average molecular weight is 200 g/mol. The molecule has 0 aliphatic heterocycles. The van der Waals surface area contributed by atoms with E-state index in [2.05, 4.69) is 39.9 Å². The second-order valence-electron chi connectivity index (χ2n) is 5.38. The molecule has 0 spiro atoms. The first kappa shape index (κ1) is 13.9. The van der Waals surface area contributed by atoms with Crippen molar-refractivity contribution in [1.82, 2.24) is 5.32 Å². The van der Waals surface area contributed by atoms with Crippen LogP contribution in [-0.4, -0.2) is 19.1 Å². The summed E-state index contributed by atoms with van der Waals surface area (Å²) in [6.45, 7) is 13.1. The molecule has 0 aromatic carbocycles. The minimum Gasteiger partial charge on any atom is -0.329 e. The Kier molecular flexibility index (Phi) is 6.38. The molecule has 2 heteroatoms. The molecule has 0 aromatic heterocycles. The predicted octanol–water partition coefficient (Wildman–Crippen LogP) is 2.39. The van der Waals surface area contributed by atoms with E-state index >= 15 is 0 Å². The van der Waals surface area contributed by atoms with Crippen LogP contribution in [0, 0.1) is 11.3 Å². The molecule has 0 aliphatic carbocycles. The summed E-state index contributed by atoms with van der Waals surface area (Å²) in [4.78, 5) is 0. The first-order valence-electron chi connectivity index (χ1n) is 5.86. The lowest BCUT2D eigenvalue weighted by molar-refractivity contribution is 0.276. The second kappa shape index (κ2) is 6.41. The lowest BCUT2D eigenvalue weighted by Crippen LogP contribution is -2.44. The topological polar surface area (TPSA) is 38.0 Å². The van der Waals surface area contributed by atoms with Crippen LogP contribution in [-0.2, 0) is 0 Å². The molecule has 1 atom stereocenters. The lowest BCUT2D eigenvalue weighted by atomic mass is 9.87. The molecule has 0 aliphatic rings. The normalized spacial score (nSPS) is 14.8. The Morgan fingerprint density at radius 3 is 2.21 bits per heavy atom. The van der Waals surface area contributed by atoms with Crippen LogP contribution in [0.4, 0.5) is 0 Å². The molecule has 1 unspecified atom stereocenters. The first-order chi connectivity index (χ1) is 6.43. The zero-order valence-corrected chi connectivity index (χ0v) is 10.6. The molecule has 0 saturated heterocycles. The van der Waals surface area contributed by atoms with Crippen LogP contribution in [0.3, 0.4) is 0 Å². The highest BCUT2D eigenvalue weighted by atomic mass is 14.9. The van der Waals surface area contributed by atoms with Gasteiger partial charge < -0.3 is 11.1 Å². The summed E-state index contributed by atoms with van der Waals surface area (Å²) in [5.74, 6) is 0.623. The van der Waals surface area contributed by atoms with Crippen LogP contribution in [0.5, 0.6) is 0 Å². The van der Waals surface area contributed by atoms with Gasteiger partial charge in [0.05, 0.1) is 0 Å². The van der Waals surface area contributed by atoms with Gasteiger partial charge in [-0.15, -0.1) is 0 Å².